The Kier molecular flexibility index (Phi) is 4.21. The molecule has 1 rings (SSSR count). The highest BCUT2D eigenvalue weighted by molar-refractivity contribution is 5.85. The van der Waals surface area contributed by atoms with Crippen molar-refractivity contribution in [3.63, 3.8) is 0 Å². The van der Waals surface area contributed by atoms with E-state index in [9.17, 15) is 18.0 Å². The number of aryl methyl sites for hydroxylation is 1. The number of hydrogen-bond acceptors (Lipinski definition) is 2. The first-order chi connectivity index (χ1) is 6.29. The molecule has 1 N–H and O–H groups in total. The molecule has 7 heteroatoms. The Morgan fingerprint density at radius 3 is 2.47 bits per heavy atom. The van der Waals surface area contributed by atoms with Crippen LogP contribution in [0, 0.1) is 6.92 Å². The zero-order chi connectivity index (χ0) is 10.9. The van der Waals surface area contributed by atoms with E-state index in [2.05, 4.69) is 0 Å². The summed E-state index contributed by atoms with van der Waals surface area (Å²) in [4.78, 5) is 10.8. The molecule has 0 fully saturated rings. The summed E-state index contributed by atoms with van der Waals surface area (Å²) in [5.74, 6) is -0.681. The van der Waals surface area contributed by atoms with E-state index in [1.165, 1.54) is 6.92 Å². The number of halogens is 4. The summed E-state index contributed by atoms with van der Waals surface area (Å²) in [6.45, 7) is 0.152. The second-order valence-corrected chi connectivity index (χ2v) is 2.91. The van der Waals surface area contributed by atoms with E-state index in [1.54, 1.807) is 0 Å². The number of alkyl halides is 3. The van der Waals surface area contributed by atoms with Crippen molar-refractivity contribution in [3.05, 3.63) is 28.2 Å². The molecule has 1 aromatic heterocycles. The highest BCUT2D eigenvalue weighted by Gasteiger charge is 2.28. The molecule has 0 aromatic carbocycles. The van der Waals surface area contributed by atoms with Crippen molar-refractivity contribution >= 4 is 12.4 Å². The average Bonchev–Trinajstić information content (AvgIpc) is 1.97. The third-order valence-corrected chi connectivity index (χ3v) is 1.67. The average molecular weight is 244 g/mol. The van der Waals surface area contributed by atoms with Gasteiger partial charge in [-0.15, -0.1) is 12.4 Å². The molecule has 0 unspecified atom stereocenters. The minimum absolute atomic E-state index is 0. The maximum Gasteiger partial charge on any atom is 0.406 e. The van der Waals surface area contributed by atoms with Gasteiger partial charge in [0.15, 0.2) is 5.75 Å². The standard InChI is InChI=1S/C8H8F3NO2.ClH/c1-5-2-6(13)7(14)3-12(5)4-8(9,10)11;/h2-3,14H,4H2,1H3;1H. The maximum absolute atomic E-state index is 12.0. The van der Waals surface area contributed by atoms with E-state index < -0.39 is 23.9 Å². The number of rotatable bonds is 1. The fraction of sp³-hybridized carbons (Fsp3) is 0.375. The lowest BCUT2D eigenvalue weighted by Gasteiger charge is -2.12. The molecule has 0 aliphatic heterocycles. The van der Waals surface area contributed by atoms with Crippen LogP contribution in [-0.4, -0.2) is 15.8 Å². The number of pyridine rings is 1. The van der Waals surface area contributed by atoms with Gasteiger partial charge < -0.3 is 9.67 Å². The summed E-state index contributed by atoms with van der Waals surface area (Å²) in [7, 11) is 0. The highest BCUT2D eigenvalue weighted by Crippen LogP contribution is 2.18. The SMILES string of the molecule is Cc1cc(=O)c(O)cn1CC(F)(F)F.Cl. The van der Waals surface area contributed by atoms with Gasteiger partial charge in [-0.3, -0.25) is 4.79 Å². The molecule has 1 heterocycles. The summed E-state index contributed by atoms with van der Waals surface area (Å²) in [5.41, 5.74) is -0.522. The summed E-state index contributed by atoms with van der Waals surface area (Å²) >= 11 is 0. The number of aromatic nitrogens is 1. The van der Waals surface area contributed by atoms with Crippen molar-refractivity contribution < 1.29 is 18.3 Å². The van der Waals surface area contributed by atoms with Crippen LogP contribution in [0.3, 0.4) is 0 Å². The van der Waals surface area contributed by atoms with Crippen LogP contribution < -0.4 is 5.43 Å². The highest BCUT2D eigenvalue weighted by atomic mass is 35.5. The van der Waals surface area contributed by atoms with Gasteiger partial charge in [0.1, 0.15) is 6.54 Å². The minimum Gasteiger partial charge on any atom is -0.503 e. The van der Waals surface area contributed by atoms with Crippen LogP contribution in [0.1, 0.15) is 5.69 Å². The summed E-state index contributed by atoms with van der Waals surface area (Å²) in [5, 5.41) is 8.92. The van der Waals surface area contributed by atoms with Crippen molar-refractivity contribution in [1.29, 1.82) is 0 Å². The molecule has 0 bridgehead atoms. The summed E-state index contributed by atoms with van der Waals surface area (Å²) in [6.07, 6.45) is -3.59. The van der Waals surface area contributed by atoms with E-state index in [0.717, 1.165) is 16.8 Å². The van der Waals surface area contributed by atoms with Crippen molar-refractivity contribution in [1.82, 2.24) is 4.57 Å². The minimum atomic E-state index is -4.37. The Bertz CT molecular complexity index is 400. The van der Waals surface area contributed by atoms with E-state index in [-0.39, 0.29) is 18.1 Å². The first-order valence-electron chi connectivity index (χ1n) is 3.76. The van der Waals surface area contributed by atoms with Crippen molar-refractivity contribution in [2.24, 2.45) is 0 Å². The quantitative estimate of drug-likeness (QED) is 0.818. The second-order valence-electron chi connectivity index (χ2n) is 2.91. The van der Waals surface area contributed by atoms with Crippen LogP contribution in [0.25, 0.3) is 0 Å². The molecular formula is C8H9ClF3NO2. The van der Waals surface area contributed by atoms with Gasteiger partial charge in [-0.1, -0.05) is 0 Å². The normalized spacial score (nSPS) is 10.9. The Labute approximate surface area is 89.6 Å². The van der Waals surface area contributed by atoms with Crippen molar-refractivity contribution in [2.75, 3.05) is 0 Å². The fourth-order valence-electron chi connectivity index (χ4n) is 1.02. The molecule has 0 spiro atoms. The first-order valence-corrected chi connectivity index (χ1v) is 3.76. The topological polar surface area (TPSA) is 42.2 Å². The van der Waals surface area contributed by atoms with Gasteiger partial charge >= 0.3 is 6.18 Å². The van der Waals surface area contributed by atoms with Gasteiger partial charge in [-0.05, 0) is 6.92 Å². The van der Waals surface area contributed by atoms with Gasteiger partial charge in [0, 0.05) is 11.8 Å². The van der Waals surface area contributed by atoms with E-state index in [4.69, 9.17) is 5.11 Å². The predicted octanol–water partition coefficient (Wildman–Crippen LogP) is 1.85. The lowest BCUT2D eigenvalue weighted by Crippen LogP contribution is -2.20. The molecule has 86 valence electrons. The maximum atomic E-state index is 12.0. The summed E-state index contributed by atoms with van der Waals surface area (Å²) < 4.78 is 36.7. The second kappa shape index (κ2) is 4.57. The third kappa shape index (κ3) is 3.83. The van der Waals surface area contributed by atoms with Gasteiger partial charge in [-0.25, -0.2) is 0 Å². The van der Waals surface area contributed by atoms with Crippen molar-refractivity contribution in [2.45, 2.75) is 19.6 Å². The van der Waals surface area contributed by atoms with Gasteiger partial charge in [0.25, 0.3) is 0 Å². The molecular weight excluding hydrogens is 235 g/mol. The van der Waals surface area contributed by atoms with E-state index in [1.807, 2.05) is 0 Å². The van der Waals surface area contributed by atoms with Crippen LogP contribution in [-0.2, 0) is 6.54 Å². The number of aromatic hydroxyl groups is 1. The molecule has 0 aliphatic carbocycles. The predicted molar refractivity (Wildman–Crippen MR) is 50.4 cm³/mol. The number of hydrogen-bond donors (Lipinski definition) is 1. The molecule has 3 nitrogen and oxygen atoms in total. The van der Waals surface area contributed by atoms with Crippen LogP contribution >= 0.6 is 12.4 Å². The Morgan fingerprint density at radius 1 is 1.47 bits per heavy atom. The van der Waals surface area contributed by atoms with Gasteiger partial charge in [-0.2, -0.15) is 13.2 Å². The van der Waals surface area contributed by atoms with Crippen LogP contribution in [0.5, 0.6) is 5.75 Å². The molecule has 1 aromatic rings. The van der Waals surface area contributed by atoms with Gasteiger partial charge in [0.05, 0.1) is 6.20 Å². The third-order valence-electron chi connectivity index (χ3n) is 1.67. The Balaban J connectivity index is 0.00000196. The largest absolute Gasteiger partial charge is 0.503 e. The molecule has 0 radical (unpaired) electrons. The van der Waals surface area contributed by atoms with Crippen LogP contribution in [0.2, 0.25) is 0 Å². The van der Waals surface area contributed by atoms with Crippen LogP contribution in [0.15, 0.2) is 17.1 Å². The molecule has 15 heavy (non-hydrogen) atoms. The zero-order valence-corrected chi connectivity index (χ0v) is 8.52. The summed E-state index contributed by atoms with van der Waals surface area (Å²) in [6, 6.07) is 0.959. The molecule has 0 atom stereocenters. The molecule has 0 saturated heterocycles. The first kappa shape index (κ1) is 13.8. The van der Waals surface area contributed by atoms with E-state index >= 15 is 0 Å². The monoisotopic (exact) mass is 243 g/mol. The Hall–Kier alpha value is -1.17. The molecule has 0 amide bonds. The Morgan fingerprint density at radius 2 is 2.00 bits per heavy atom. The smallest absolute Gasteiger partial charge is 0.406 e. The fourth-order valence-corrected chi connectivity index (χ4v) is 1.02. The molecule has 0 saturated carbocycles. The van der Waals surface area contributed by atoms with Crippen LogP contribution in [0.4, 0.5) is 13.2 Å². The van der Waals surface area contributed by atoms with E-state index in [0.29, 0.717) is 0 Å². The zero-order valence-electron chi connectivity index (χ0n) is 7.71. The lowest BCUT2D eigenvalue weighted by atomic mass is 10.3. The van der Waals surface area contributed by atoms with Crippen molar-refractivity contribution in [3.8, 4) is 5.75 Å². The molecule has 0 aliphatic rings. The van der Waals surface area contributed by atoms with Gasteiger partial charge in [0.2, 0.25) is 5.43 Å². The number of nitrogens with zero attached hydrogens (tertiary/aromatic N) is 1. The lowest BCUT2D eigenvalue weighted by molar-refractivity contribution is -0.141.